The summed E-state index contributed by atoms with van der Waals surface area (Å²) in [7, 11) is 0. The lowest BCUT2D eigenvalue weighted by Crippen LogP contribution is -2.40. The third-order valence-corrected chi connectivity index (χ3v) is 3.63. The molecule has 2 rings (SSSR count). The first-order chi connectivity index (χ1) is 7.99. The van der Waals surface area contributed by atoms with Crippen LogP contribution in [-0.2, 0) is 0 Å². The fourth-order valence-corrected chi connectivity index (χ4v) is 2.76. The Morgan fingerprint density at radius 3 is 2.71 bits per heavy atom. The van der Waals surface area contributed by atoms with Gasteiger partial charge in [0.15, 0.2) is 0 Å². The fraction of sp³-hybridized carbons (Fsp3) is 0.500. The van der Waals surface area contributed by atoms with Crippen molar-refractivity contribution in [3.8, 4) is 0 Å². The number of thiocarbonyl (C=S) groups is 1. The summed E-state index contributed by atoms with van der Waals surface area (Å²) in [5, 5.41) is 0. The van der Waals surface area contributed by atoms with E-state index in [0.29, 0.717) is 10.4 Å². The minimum Gasteiger partial charge on any atom is -0.389 e. The van der Waals surface area contributed by atoms with E-state index in [1.807, 2.05) is 12.1 Å². The SMILES string of the molecule is CC1(C)CCCN(c2ccccc2C(N)=S)C1. The van der Waals surface area contributed by atoms with Crippen LogP contribution in [0.4, 0.5) is 5.69 Å². The van der Waals surface area contributed by atoms with E-state index in [-0.39, 0.29) is 0 Å². The van der Waals surface area contributed by atoms with E-state index in [1.165, 1.54) is 18.5 Å². The Morgan fingerprint density at radius 2 is 2.06 bits per heavy atom. The number of benzene rings is 1. The average molecular weight is 248 g/mol. The highest BCUT2D eigenvalue weighted by molar-refractivity contribution is 7.80. The molecular weight excluding hydrogens is 228 g/mol. The van der Waals surface area contributed by atoms with Crippen molar-refractivity contribution in [1.82, 2.24) is 0 Å². The van der Waals surface area contributed by atoms with Gasteiger partial charge in [0.2, 0.25) is 0 Å². The van der Waals surface area contributed by atoms with Crippen molar-refractivity contribution in [3.63, 3.8) is 0 Å². The lowest BCUT2D eigenvalue weighted by molar-refractivity contribution is 0.293. The Bertz CT molecular complexity index is 426. The van der Waals surface area contributed by atoms with Crippen LogP contribution in [0.3, 0.4) is 0 Å². The Labute approximate surface area is 109 Å². The Morgan fingerprint density at radius 1 is 1.35 bits per heavy atom. The second-order valence-electron chi connectivity index (χ2n) is 5.57. The summed E-state index contributed by atoms with van der Waals surface area (Å²) in [4.78, 5) is 2.90. The number of anilines is 1. The maximum atomic E-state index is 5.79. The second-order valence-corrected chi connectivity index (χ2v) is 6.01. The summed E-state index contributed by atoms with van der Waals surface area (Å²) in [6.07, 6.45) is 2.53. The number of nitrogens with zero attached hydrogens (tertiary/aromatic N) is 1. The molecule has 0 bridgehead atoms. The van der Waals surface area contributed by atoms with Crippen LogP contribution < -0.4 is 10.6 Å². The molecule has 92 valence electrons. The molecule has 0 aliphatic carbocycles. The van der Waals surface area contributed by atoms with Crippen molar-refractivity contribution in [3.05, 3.63) is 29.8 Å². The molecule has 0 amide bonds. The van der Waals surface area contributed by atoms with Gasteiger partial charge in [0.25, 0.3) is 0 Å². The van der Waals surface area contributed by atoms with Gasteiger partial charge in [-0.15, -0.1) is 0 Å². The topological polar surface area (TPSA) is 29.3 Å². The van der Waals surface area contributed by atoms with E-state index in [0.717, 1.165) is 18.7 Å². The van der Waals surface area contributed by atoms with Gasteiger partial charge in [-0.2, -0.15) is 0 Å². The van der Waals surface area contributed by atoms with Crippen LogP contribution in [0.25, 0.3) is 0 Å². The summed E-state index contributed by atoms with van der Waals surface area (Å²) < 4.78 is 0. The minimum atomic E-state index is 0.377. The second kappa shape index (κ2) is 4.65. The van der Waals surface area contributed by atoms with Crippen LogP contribution in [0.2, 0.25) is 0 Å². The standard InChI is InChI=1S/C14H20N2S/c1-14(2)8-5-9-16(10-14)12-7-4-3-6-11(12)13(15)17/h3-4,6-7H,5,8-10H2,1-2H3,(H2,15,17). The van der Waals surface area contributed by atoms with Gasteiger partial charge in [0, 0.05) is 24.3 Å². The highest BCUT2D eigenvalue weighted by Crippen LogP contribution is 2.32. The van der Waals surface area contributed by atoms with Crippen LogP contribution in [-0.4, -0.2) is 18.1 Å². The molecule has 0 atom stereocenters. The zero-order valence-electron chi connectivity index (χ0n) is 10.6. The lowest BCUT2D eigenvalue weighted by Gasteiger charge is -2.40. The van der Waals surface area contributed by atoms with Gasteiger partial charge in [0.05, 0.1) is 0 Å². The number of rotatable bonds is 2. The quantitative estimate of drug-likeness (QED) is 0.816. The molecule has 0 spiro atoms. The molecule has 0 saturated carbocycles. The van der Waals surface area contributed by atoms with E-state index in [1.54, 1.807) is 0 Å². The minimum absolute atomic E-state index is 0.377. The summed E-state index contributed by atoms with van der Waals surface area (Å²) in [5.74, 6) is 0. The zero-order chi connectivity index (χ0) is 12.5. The van der Waals surface area contributed by atoms with Gasteiger partial charge in [-0.05, 0) is 30.4 Å². The van der Waals surface area contributed by atoms with Crippen LogP contribution in [0.15, 0.2) is 24.3 Å². The van der Waals surface area contributed by atoms with Gasteiger partial charge in [-0.1, -0.05) is 38.2 Å². The van der Waals surface area contributed by atoms with Gasteiger partial charge >= 0.3 is 0 Å². The van der Waals surface area contributed by atoms with Crippen molar-refractivity contribution in [2.45, 2.75) is 26.7 Å². The van der Waals surface area contributed by atoms with Crippen LogP contribution in [0, 0.1) is 5.41 Å². The number of para-hydroxylation sites is 1. The van der Waals surface area contributed by atoms with Crippen molar-refractivity contribution in [1.29, 1.82) is 0 Å². The third kappa shape index (κ3) is 2.78. The Kier molecular flexibility index (Phi) is 3.38. The predicted molar refractivity (Wildman–Crippen MR) is 77.6 cm³/mol. The Balaban J connectivity index is 2.30. The Hall–Kier alpha value is -1.09. The van der Waals surface area contributed by atoms with Gasteiger partial charge in [-0.3, -0.25) is 0 Å². The first-order valence-electron chi connectivity index (χ1n) is 6.13. The summed E-state index contributed by atoms with van der Waals surface area (Å²) in [5.41, 5.74) is 8.36. The molecule has 3 heteroatoms. The summed E-state index contributed by atoms with van der Waals surface area (Å²) >= 11 is 5.13. The van der Waals surface area contributed by atoms with Crippen LogP contribution in [0.1, 0.15) is 32.3 Å². The van der Waals surface area contributed by atoms with Crippen molar-refractivity contribution in [2.75, 3.05) is 18.0 Å². The molecular formula is C14H20N2S. The molecule has 0 unspecified atom stereocenters. The molecule has 1 fully saturated rings. The molecule has 1 aliphatic rings. The van der Waals surface area contributed by atoms with Crippen molar-refractivity contribution in [2.24, 2.45) is 11.1 Å². The first-order valence-corrected chi connectivity index (χ1v) is 6.54. The molecule has 17 heavy (non-hydrogen) atoms. The summed E-state index contributed by atoms with van der Waals surface area (Å²) in [6.45, 7) is 6.82. The molecule has 1 aliphatic heterocycles. The molecule has 0 aromatic heterocycles. The molecule has 2 N–H and O–H groups in total. The fourth-order valence-electron chi connectivity index (χ4n) is 2.59. The van der Waals surface area contributed by atoms with E-state index in [4.69, 9.17) is 18.0 Å². The normalized spacial score (nSPS) is 19.1. The predicted octanol–water partition coefficient (Wildman–Crippen LogP) is 2.95. The molecule has 2 nitrogen and oxygen atoms in total. The van der Waals surface area contributed by atoms with Gasteiger partial charge in [0.1, 0.15) is 4.99 Å². The van der Waals surface area contributed by atoms with E-state index in [2.05, 4.69) is 30.9 Å². The van der Waals surface area contributed by atoms with E-state index >= 15 is 0 Å². The zero-order valence-corrected chi connectivity index (χ0v) is 11.4. The van der Waals surface area contributed by atoms with E-state index < -0.39 is 0 Å². The van der Waals surface area contributed by atoms with Crippen molar-refractivity contribution < 1.29 is 0 Å². The third-order valence-electron chi connectivity index (χ3n) is 3.41. The molecule has 1 heterocycles. The maximum absolute atomic E-state index is 5.79. The van der Waals surface area contributed by atoms with Gasteiger partial charge in [-0.25, -0.2) is 0 Å². The molecule has 0 radical (unpaired) electrons. The summed E-state index contributed by atoms with van der Waals surface area (Å²) in [6, 6.07) is 8.18. The number of piperidine rings is 1. The number of hydrogen-bond donors (Lipinski definition) is 1. The first kappa shape index (κ1) is 12.4. The largest absolute Gasteiger partial charge is 0.389 e. The maximum Gasteiger partial charge on any atom is 0.106 e. The van der Waals surface area contributed by atoms with Crippen LogP contribution >= 0.6 is 12.2 Å². The molecule has 1 saturated heterocycles. The van der Waals surface area contributed by atoms with E-state index in [9.17, 15) is 0 Å². The van der Waals surface area contributed by atoms with Crippen LogP contribution in [0.5, 0.6) is 0 Å². The monoisotopic (exact) mass is 248 g/mol. The number of nitrogens with two attached hydrogens (primary N) is 1. The van der Waals surface area contributed by atoms with Crippen molar-refractivity contribution >= 4 is 22.9 Å². The van der Waals surface area contributed by atoms with Gasteiger partial charge < -0.3 is 10.6 Å². The number of hydrogen-bond acceptors (Lipinski definition) is 2. The molecule has 1 aromatic carbocycles. The average Bonchev–Trinajstić information content (AvgIpc) is 2.27. The smallest absolute Gasteiger partial charge is 0.106 e. The highest BCUT2D eigenvalue weighted by Gasteiger charge is 2.27. The highest BCUT2D eigenvalue weighted by atomic mass is 32.1. The lowest BCUT2D eigenvalue weighted by atomic mass is 9.84. The molecule has 1 aromatic rings.